The average Bonchev–Trinajstić information content (AvgIpc) is 3.63. The van der Waals surface area contributed by atoms with E-state index in [1.807, 2.05) is 24.3 Å². The molecule has 2 saturated carbocycles. The number of methoxy groups -OCH3 is 1. The van der Waals surface area contributed by atoms with Crippen molar-refractivity contribution in [3.8, 4) is 5.75 Å². The number of carbonyl (C=O) groups excluding carboxylic acids is 1. The summed E-state index contributed by atoms with van der Waals surface area (Å²) < 4.78 is 7.52. The number of carbonyl (C=O) groups is 1. The van der Waals surface area contributed by atoms with Gasteiger partial charge in [0.05, 0.1) is 18.9 Å². The minimum absolute atomic E-state index is 0.0256. The van der Waals surface area contributed by atoms with Crippen LogP contribution in [0.4, 0.5) is 0 Å². The molecule has 0 unspecified atom stereocenters. The highest BCUT2D eigenvalue weighted by Gasteiger charge is 2.36. The summed E-state index contributed by atoms with van der Waals surface area (Å²) in [6.07, 6.45) is 4.83. The van der Waals surface area contributed by atoms with Crippen LogP contribution in [0.2, 0.25) is 0 Å². The third-order valence-corrected chi connectivity index (χ3v) is 6.28. The number of nitrogens with zero attached hydrogens (tertiary/aromatic N) is 3. The van der Waals surface area contributed by atoms with Gasteiger partial charge in [0.1, 0.15) is 11.6 Å². The van der Waals surface area contributed by atoms with E-state index in [-0.39, 0.29) is 11.9 Å². The maximum absolute atomic E-state index is 12.7. The molecule has 6 nitrogen and oxygen atoms in total. The van der Waals surface area contributed by atoms with E-state index in [2.05, 4.69) is 33.9 Å². The summed E-state index contributed by atoms with van der Waals surface area (Å²) >= 11 is 1.50. The lowest BCUT2D eigenvalue weighted by Crippen LogP contribution is -2.33. The Hall–Kier alpha value is -2.02. The van der Waals surface area contributed by atoms with Crippen molar-refractivity contribution < 1.29 is 9.53 Å². The summed E-state index contributed by atoms with van der Waals surface area (Å²) in [5.74, 6) is 3.20. The molecule has 2 fully saturated rings. The van der Waals surface area contributed by atoms with Crippen molar-refractivity contribution in [2.24, 2.45) is 5.92 Å². The smallest absolute Gasteiger partial charge is 0.230 e. The Balaban J connectivity index is 1.39. The number of amides is 1. The molecule has 28 heavy (non-hydrogen) atoms. The standard InChI is InChI=1S/C21H28N4O2S/c1-13(2)19(14-6-10-17(27-3)11-7-14)22-18(26)12-28-21-24-23-20(15-4-5-15)25(21)16-8-9-16/h6-7,10-11,13,15-16,19H,4-5,8-9,12H2,1-3H3,(H,22,26)/t19-/m0/s1. The second-order valence-electron chi connectivity index (χ2n) is 8.07. The molecule has 7 heteroatoms. The van der Waals surface area contributed by atoms with Crippen molar-refractivity contribution in [2.45, 2.75) is 62.7 Å². The van der Waals surface area contributed by atoms with Crippen LogP contribution < -0.4 is 10.1 Å². The van der Waals surface area contributed by atoms with Crippen LogP contribution in [-0.2, 0) is 4.79 Å². The number of hydrogen-bond acceptors (Lipinski definition) is 5. The van der Waals surface area contributed by atoms with Crippen LogP contribution in [0.25, 0.3) is 0 Å². The van der Waals surface area contributed by atoms with E-state index in [0.717, 1.165) is 22.3 Å². The van der Waals surface area contributed by atoms with Crippen molar-refractivity contribution in [1.29, 1.82) is 0 Å². The highest BCUT2D eigenvalue weighted by molar-refractivity contribution is 7.99. The van der Waals surface area contributed by atoms with E-state index in [1.165, 1.54) is 37.4 Å². The number of ether oxygens (including phenoxy) is 1. The Kier molecular flexibility index (Phi) is 5.62. The van der Waals surface area contributed by atoms with Gasteiger partial charge in [-0.15, -0.1) is 10.2 Å². The topological polar surface area (TPSA) is 69.0 Å². The van der Waals surface area contributed by atoms with Crippen molar-refractivity contribution >= 4 is 17.7 Å². The first-order valence-electron chi connectivity index (χ1n) is 10.1. The molecule has 1 amide bonds. The number of hydrogen-bond donors (Lipinski definition) is 1. The molecular formula is C21H28N4O2S. The van der Waals surface area contributed by atoms with Crippen LogP contribution in [0, 0.1) is 5.92 Å². The van der Waals surface area contributed by atoms with Gasteiger partial charge in [0.2, 0.25) is 5.91 Å². The summed E-state index contributed by atoms with van der Waals surface area (Å²) in [5.41, 5.74) is 1.09. The molecule has 0 aliphatic heterocycles. The number of aromatic nitrogens is 3. The molecule has 2 aromatic rings. The second-order valence-corrected chi connectivity index (χ2v) is 9.01. The quantitative estimate of drug-likeness (QED) is 0.642. The number of thioether (sulfide) groups is 1. The highest BCUT2D eigenvalue weighted by atomic mass is 32.2. The van der Waals surface area contributed by atoms with Gasteiger partial charge in [0, 0.05) is 12.0 Å². The molecule has 1 atom stereocenters. The molecule has 2 aliphatic rings. The van der Waals surface area contributed by atoms with Crippen molar-refractivity contribution in [1.82, 2.24) is 20.1 Å². The molecule has 0 radical (unpaired) electrons. The Morgan fingerprint density at radius 1 is 1.21 bits per heavy atom. The maximum Gasteiger partial charge on any atom is 0.230 e. The zero-order chi connectivity index (χ0) is 19.7. The largest absolute Gasteiger partial charge is 0.497 e. The molecule has 1 N–H and O–H groups in total. The Bertz CT molecular complexity index is 825. The first-order valence-corrected chi connectivity index (χ1v) is 11.1. The van der Waals surface area contributed by atoms with Gasteiger partial charge >= 0.3 is 0 Å². The van der Waals surface area contributed by atoms with Crippen molar-refractivity contribution in [3.05, 3.63) is 35.7 Å². The van der Waals surface area contributed by atoms with E-state index < -0.39 is 0 Å². The number of nitrogens with one attached hydrogen (secondary N) is 1. The molecule has 0 saturated heterocycles. The van der Waals surface area contributed by atoms with E-state index in [1.54, 1.807) is 7.11 Å². The minimum Gasteiger partial charge on any atom is -0.497 e. The predicted molar refractivity (Wildman–Crippen MR) is 110 cm³/mol. The Morgan fingerprint density at radius 3 is 2.50 bits per heavy atom. The van der Waals surface area contributed by atoms with Crippen LogP contribution in [0.15, 0.2) is 29.4 Å². The molecule has 1 aromatic carbocycles. The molecular weight excluding hydrogens is 372 g/mol. The predicted octanol–water partition coefficient (Wildman–Crippen LogP) is 4.10. The monoisotopic (exact) mass is 400 g/mol. The lowest BCUT2D eigenvalue weighted by Gasteiger charge is -2.23. The van der Waals surface area contributed by atoms with Gasteiger partial charge in [-0.25, -0.2) is 0 Å². The van der Waals surface area contributed by atoms with Gasteiger partial charge in [-0.2, -0.15) is 0 Å². The van der Waals surface area contributed by atoms with E-state index >= 15 is 0 Å². The summed E-state index contributed by atoms with van der Waals surface area (Å²) in [6, 6.07) is 8.42. The van der Waals surface area contributed by atoms with E-state index in [4.69, 9.17) is 4.74 Å². The zero-order valence-corrected chi connectivity index (χ0v) is 17.5. The van der Waals surface area contributed by atoms with Gasteiger partial charge in [-0.3, -0.25) is 4.79 Å². The van der Waals surface area contributed by atoms with Crippen molar-refractivity contribution in [2.75, 3.05) is 12.9 Å². The molecule has 1 heterocycles. The third kappa shape index (κ3) is 4.35. The lowest BCUT2D eigenvalue weighted by molar-refractivity contribution is -0.119. The van der Waals surface area contributed by atoms with Gasteiger partial charge in [-0.05, 0) is 49.3 Å². The van der Waals surface area contributed by atoms with Crippen LogP contribution in [-0.4, -0.2) is 33.5 Å². The molecule has 0 spiro atoms. The van der Waals surface area contributed by atoms with Crippen LogP contribution in [0.5, 0.6) is 5.75 Å². The Morgan fingerprint density at radius 2 is 1.93 bits per heavy atom. The fourth-order valence-corrected chi connectivity index (χ4v) is 4.30. The lowest BCUT2D eigenvalue weighted by atomic mass is 9.96. The zero-order valence-electron chi connectivity index (χ0n) is 16.7. The van der Waals surface area contributed by atoms with Gasteiger partial charge in [0.25, 0.3) is 0 Å². The van der Waals surface area contributed by atoms with Gasteiger partial charge < -0.3 is 14.6 Å². The average molecular weight is 401 g/mol. The fourth-order valence-electron chi connectivity index (χ4n) is 3.47. The number of rotatable bonds is 9. The normalized spacial score (nSPS) is 17.6. The highest BCUT2D eigenvalue weighted by Crippen LogP contribution is 2.46. The first kappa shape index (κ1) is 19.3. The van der Waals surface area contributed by atoms with E-state index in [9.17, 15) is 4.79 Å². The third-order valence-electron chi connectivity index (χ3n) is 5.34. The summed E-state index contributed by atoms with van der Waals surface area (Å²) in [6.45, 7) is 4.24. The summed E-state index contributed by atoms with van der Waals surface area (Å²) in [5, 5.41) is 12.9. The minimum atomic E-state index is -0.0256. The Labute approximate surface area is 170 Å². The molecule has 0 bridgehead atoms. The van der Waals surface area contributed by atoms with Gasteiger partial charge in [0.15, 0.2) is 5.16 Å². The van der Waals surface area contributed by atoms with E-state index in [0.29, 0.717) is 23.6 Å². The van der Waals surface area contributed by atoms with Crippen molar-refractivity contribution in [3.63, 3.8) is 0 Å². The second kappa shape index (κ2) is 8.15. The molecule has 150 valence electrons. The fraction of sp³-hybridized carbons (Fsp3) is 0.571. The van der Waals surface area contributed by atoms with Crippen LogP contribution in [0.1, 0.15) is 68.9 Å². The number of benzene rings is 1. The molecule has 2 aliphatic carbocycles. The maximum atomic E-state index is 12.7. The van der Waals surface area contributed by atoms with Gasteiger partial charge in [-0.1, -0.05) is 37.7 Å². The SMILES string of the molecule is COc1ccc([C@@H](NC(=O)CSc2nnc(C3CC3)n2C2CC2)C(C)C)cc1. The molecule has 1 aromatic heterocycles. The summed E-state index contributed by atoms with van der Waals surface area (Å²) in [4.78, 5) is 12.7. The van der Waals surface area contributed by atoms with Crippen LogP contribution in [0.3, 0.4) is 0 Å². The summed E-state index contributed by atoms with van der Waals surface area (Å²) in [7, 11) is 1.66. The first-order chi connectivity index (χ1) is 13.6. The van der Waals surface area contributed by atoms with Crippen LogP contribution >= 0.6 is 11.8 Å². The molecule has 4 rings (SSSR count).